The first-order valence-corrected chi connectivity index (χ1v) is 16.0. The van der Waals surface area contributed by atoms with Crippen molar-refractivity contribution in [2.75, 3.05) is 33.7 Å². The molecule has 43 heavy (non-hydrogen) atoms. The predicted molar refractivity (Wildman–Crippen MR) is 167 cm³/mol. The Hall–Kier alpha value is -3.25. The first-order valence-electron chi connectivity index (χ1n) is 14.5. The number of hydrazine groups is 1. The number of hydrogen-bond donors (Lipinski definition) is 2. The number of aliphatic hydroxyl groups is 1. The number of rotatable bonds is 13. The quantitative estimate of drug-likeness (QED) is 0.280. The van der Waals surface area contributed by atoms with Gasteiger partial charge in [0.1, 0.15) is 5.58 Å². The molecular formula is C32H46N4O6S. The lowest BCUT2D eigenvalue weighted by atomic mass is 9.91. The highest BCUT2D eigenvalue weighted by Crippen LogP contribution is 2.26. The molecule has 0 fully saturated rings. The molecule has 3 rings (SSSR count). The predicted octanol–water partition coefficient (Wildman–Crippen LogP) is 3.91. The van der Waals surface area contributed by atoms with Crippen molar-refractivity contribution in [1.29, 1.82) is 0 Å². The highest BCUT2D eigenvalue weighted by Gasteiger charge is 2.37. The van der Waals surface area contributed by atoms with Crippen molar-refractivity contribution in [3.05, 3.63) is 66.4 Å². The minimum atomic E-state index is -4.05. The minimum Gasteiger partial charge on any atom is -0.464 e. The maximum Gasteiger partial charge on any atom is 0.252 e. The van der Waals surface area contributed by atoms with Crippen LogP contribution in [0.3, 0.4) is 0 Å². The van der Waals surface area contributed by atoms with E-state index in [9.17, 15) is 23.1 Å². The van der Waals surface area contributed by atoms with Crippen molar-refractivity contribution in [1.82, 2.24) is 19.6 Å². The number of nitrogens with one attached hydrogen (secondary N) is 1. The summed E-state index contributed by atoms with van der Waals surface area (Å²) in [6.07, 6.45) is 0.455. The highest BCUT2D eigenvalue weighted by molar-refractivity contribution is 7.89. The summed E-state index contributed by atoms with van der Waals surface area (Å²) in [7, 11) is -0.561. The molecule has 1 heterocycles. The number of fused-ring (bicyclic) bond motifs is 1. The Labute approximate surface area is 255 Å². The Morgan fingerprint density at radius 3 is 2.28 bits per heavy atom. The summed E-state index contributed by atoms with van der Waals surface area (Å²) < 4.78 is 34.6. The zero-order valence-corrected chi connectivity index (χ0v) is 27.1. The Bertz CT molecular complexity index is 1460. The summed E-state index contributed by atoms with van der Waals surface area (Å²) in [5.41, 5.74) is 3.73. The third-order valence-electron chi connectivity index (χ3n) is 6.74. The lowest BCUT2D eigenvalue weighted by molar-refractivity contribution is -0.149. The number of carbonyl (C=O) groups is 2. The van der Waals surface area contributed by atoms with Gasteiger partial charge in [-0.3, -0.25) is 15.0 Å². The number of nitrogens with zero attached hydrogens (tertiary/aromatic N) is 3. The van der Waals surface area contributed by atoms with Gasteiger partial charge in [0.15, 0.2) is 0 Å². The molecule has 0 aliphatic carbocycles. The normalized spacial score (nSPS) is 13.9. The van der Waals surface area contributed by atoms with E-state index in [1.165, 1.54) is 21.6 Å². The van der Waals surface area contributed by atoms with Crippen LogP contribution in [0.4, 0.5) is 0 Å². The second kappa shape index (κ2) is 14.5. The minimum absolute atomic E-state index is 0.0256. The zero-order valence-electron chi connectivity index (χ0n) is 26.3. The van der Waals surface area contributed by atoms with Crippen molar-refractivity contribution in [3.63, 3.8) is 0 Å². The Morgan fingerprint density at radius 1 is 1.00 bits per heavy atom. The number of furan rings is 1. The molecule has 0 saturated carbocycles. The molecule has 0 spiro atoms. The molecule has 3 aromatic rings. The molecule has 0 aliphatic rings. The van der Waals surface area contributed by atoms with E-state index in [2.05, 4.69) is 5.43 Å². The summed E-state index contributed by atoms with van der Waals surface area (Å²) in [4.78, 5) is 28.5. The van der Waals surface area contributed by atoms with Crippen LogP contribution in [0, 0.1) is 11.3 Å². The average Bonchev–Trinajstić information content (AvgIpc) is 3.37. The number of likely N-dealkylation sites (N-methyl/N-ethyl adjacent to an activating group) is 1. The van der Waals surface area contributed by atoms with Crippen LogP contribution in [0.5, 0.6) is 0 Å². The van der Waals surface area contributed by atoms with E-state index >= 15 is 0 Å². The fourth-order valence-corrected chi connectivity index (χ4v) is 6.50. The van der Waals surface area contributed by atoms with Crippen LogP contribution in [0.15, 0.2) is 70.2 Å². The molecule has 1 aromatic heterocycles. The number of carbonyl (C=O) groups excluding carboxylic acids is 2. The first-order chi connectivity index (χ1) is 20.1. The van der Waals surface area contributed by atoms with Crippen LogP contribution in [0.1, 0.15) is 46.6 Å². The first kappa shape index (κ1) is 34.2. The highest BCUT2D eigenvalue weighted by atomic mass is 32.2. The second-order valence-electron chi connectivity index (χ2n) is 12.9. The van der Waals surface area contributed by atoms with E-state index in [0.29, 0.717) is 11.0 Å². The molecule has 0 aliphatic heterocycles. The third kappa shape index (κ3) is 9.89. The third-order valence-corrected chi connectivity index (χ3v) is 8.57. The Balaban J connectivity index is 2.03. The van der Waals surface area contributed by atoms with Crippen LogP contribution >= 0.6 is 0 Å². The van der Waals surface area contributed by atoms with Gasteiger partial charge in [-0.1, -0.05) is 65.0 Å². The fourth-order valence-electron chi connectivity index (χ4n) is 4.84. The van der Waals surface area contributed by atoms with Crippen LogP contribution < -0.4 is 5.43 Å². The van der Waals surface area contributed by atoms with Crippen molar-refractivity contribution < 1.29 is 27.5 Å². The number of benzene rings is 2. The van der Waals surface area contributed by atoms with E-state index < -0.39 is 33.5 Å². The lowest BCUT2D eigenvalue weighted by Crippen LogP contribution is -2.60. The molecule has 236 valence electrons. The van der Waals surface area contributed by atoms with Gasteiger partial charge < -0.3 is 14.4 Å². The molecule has 0 bridgehead atoms. The SMILES string of the molecule is CC(C)CN(C[C@@H](O)[C@H](Cc1ccccc1)N(NC(=O)CN(C)C)C(=O)CC(C)(C)C)S(=O)(=O)c1ccc2occc2c1. The average molecular weight is 615 g/mol. The van der Waals surface area contributed by atoms with E-state index in [-0.39, 0.29) is 49.2 Å². The van der Waals surface area contributed by atoms with Crippen molar-refractivity contribution in [3.8, 4) is 0 Å². The van der Waals surface area contributed by atoms with Crippen LogP contribution in [0.25, 0.3) is 11.0 Å². The molecule has 0 unspecified atom stereocenters. The van der Waals surface area contributed by atoms with E-state index in [0.717, 1.165) is 5.56 Å². The monoisotopic (exact) mass is 614 g/mol. The van der Waals surface area contributed by atoms with Gasteiger partial charge in [-0.2, -0.15) is 4.31 Å². The largest absolute Gasteiger partial charge is 0.464 e. The molecule has 0 radical (unpaired) electrons. The van der Waals surface area contributed by atoms with Gasteiger partial charge in [0.05, 0.1) is 29.8 Å². The summed E-state index contributed by atoms with van der Waals surface area (Å²) in [5, 5.41) is 13.7. The van der Waals surface area contributed by atoms with Crippen molar-refractivity contribution in [2.45, 2.75) is 64.5 Å². The summed E-state index contributed by atoms with van der Waals surface area (Å²) >= 11 is 0. The number of aliphatic hydroxyl groups excluding tert-OH is 1. The fraction of sp³-hybridized carbons (Fsp3) is 0.500. The molecule has 11 heteroatoms. The maximum absolute atomic E-state index is 14.0. The topological polar surface area (TPSA) is 123 Å². The summed E-state index contributed by atoms with van der Waals surface area (Å²) in [6.45, 7) is 9.43. The van der Waals surface area contributed by atoms with E-state index in [1.54, 1.807) is 37.2 Å². The maximum atomic E-state index is 14.0. The van der Waals surface area contributed by atoms with Crippen LogP contribution in [-0.2, 0) is 26.0 Å². The summed E-state index contributed by atoms with van der Waals surface area (Å²) in [5.74, 6) is -0.841. The zero-order chi connectivity index (χ0) is 31.9. The number of hydrogen-bond acceptors (Lipinski definition) is 7. The molecule has 10 nitrogen and oxygen atoms in total. The van der Waals surface area contributed by atoms with Gasteiger partial charge in [-0.15, -0.1) is 0 Å². The number of sulfonamides is 1. The standard InChI is InChI=1S/C32H46N4O6S/c1-23(2)20-35(43(40,41)26-13-14-29-25(18-26)15-16-42-29)21-28(37)27(17-24-11-9-8-10-12-24)36(31(39)19-32(3,4)5)33-30(38)22-34(6)7/h8-16,18,23,27-28,37H,17,19-22H2,1-7H3,(H,33,38)/t27-,28+/m0/s1. The van der Waals surface area contributed by atoms with E-state index in [1.807, 2.05) is 65.0 Å². The molecule has 0 saturated heterocycles. The van der Waals surface area contributed by atoms with Crippen molar-refractivity contribution >= 4 is 32.8 Å². The molecule has 2 N–H and O–H groups in total. The molecule has 2 atom stereocenters. The van der Waals surface area contributed by atoms with Crippen molar-refractivity contribution in [2.24, 2.45) is 11.3 Å². The van der Waals surface area contributed by atoms with E-state index in [4.69, 9.17) is 4.42 Å². The second-order valence-corrected chi connectivity index (χ2v) is 14.9. The Morgan fingerprint density at radius 2 is 1.67 bits per heavy atom. The van der Waals surface area contributed by atoms with Gasteiger partial charge >= 0.3 is 0 Å². The van der Waals surface area contributed by atoms with Crippen LogP contribution in [0.2, 0.25) is 0 Å². The van der Waals surface area contributed by atoms with Gasteiger partial charge in [0.2, 0.25) is 15.9 Å². The summed E-state index contributed by atoms with van der Waals surface area (Å²) in [6, 6.07) is 14.7. The lowest BCUT2D eigenvalue weighted by Gasteiger charge is -2.38. The van der Waals surface area contributed by atoms with Crippen LogP contribution in [-0.4, -0.2) is 85.4 Å². The van der Waals surface area contributed by atoms with Gasteiger partial charge in [0.25, 0.3) is 5.91 Å². The van der Waals surface area contributed by atoms with Gasteiger partial charge in [0, 0.05) is 24.9 Å². The molecular weight excluding hydrogens is 568 g/mol. The van der Waals surface area contributed by atoms with Gasteiger partial charge in [-0.25, -0.2) is 13.4 Å². The van der Waals surface area contributed by atoms with Gasteiger partial charge in [-0.05, 0) is 61.7 Å². The smallest absolute Gasteiger partial charge is 0.252 e. The number of amides is 2. The Kier molecular flexibility index (Phi) is 11.5. The molecule has 2 amide bonds. The molecule has 2 aromatic carbocycles.